The van der Waals surface area contributed by atoms with Crippen LogP contribution in [0.4, 0.5) is 0 Å². The Bertz CT molecular complexity index is 235. The first kappa shape index (κ1) is 10.9. The first-order chi connectivity index (χ1) is 7.74. The molecule has 1 N–H and O–H groups in total. The zero-order valence-electron chi connectivity index (χ0n) is 9.37. The molecule has 0 aliphatic carbocycles. The van der Waals surface area contributed by atoms with E-state index in [1.54, 1.807) is 6.92 Å². The first-order valence-electron chi connectivity index (χ1n) is 5.92. The standard InChI is InChI=1S/C11H18O5/c1-6(12)7-2-9-10(15-7)3-8-11(16-9)4-13-5-14-8/h6-12H,2-5H2,1H3. The summed E-state index contributed by atoms with van der Waals surface area (Å²) in [6.45, 7) is 2.71. The highest BCUT2D eigenvalue weighted by molar-refractivity contribution is 4.94. The number of hydrogen-bond acceptors (Lipinski definition) is 5. The second-order valence-electron chi connectivity index (χ2n) is 4.83. The minimum absolute atomic E-state index is 0.0337. The summed E-state index contributed by atoms with van der Waals surface area (Å²) in [5, 5.41) is 9.52. The third-order valence-corrected chi connectivity index (χ3v) is 3.64. The van der Waals surface area contributed by atoms with Gasteiger partial charge in [0.25, 0.3) is 0 Å². The van der Waals surface area contributed by atoms with Crippen molar-refractivity contribution >= 4 is 0 Å². The summed E-state index contributed by atoms with van der Waals surface area (Å²) in [6, 6.07) is 0. The van der Waals surface area contributed by atoms with Gasteiger partial charge < -0.3 is 24.1 Å². The van der Waals surface area contributed by atoms with Crippen LogP contribution in [0.25, 0.3) is 0 Å². The lowest BCUT2D eigenvalue weighted by Crippen LogP contribution is -2.51. The maximum Gasteiger partial charge on any atom is 0.147 e. The molecule has 3 aliphatic rings. The summed E-state index contributed by atoms with van der Waals surface area (Å²) in [5.74, 6) is 0. The van der Waals surface area contributed by atoms with Gasteiger partial charge in [-0.2, -0.15) is 0 Å². The summed E-state index contributed by atoms with van der Waals surface area (Å²) < 4.78 is 22.4. The van der Waals surface area contributed by atoms with Crippen molar-refractivity contribution in [2.24, 2.45) is 0 Å². The molecule has 3 fully saturated rings. The molecule has 0 saturated carbocycles. The molecule has 0 spiro atoms. The average Bonchev–Trinajstić information content (AvgIpc) is 2.68. The van der Waals surface area contributed by atoms with Crippen LogP contribution >= 0.6 is 0 Å². The predicted molar refractivity (Wildman–Crippen MR) is 53.9 cm³/mol. The number of rotatable bonds is 1. The molecular weight excluding hydrogens is 212 g/mol. The van der Waals surface area contributed by atoms with Crippen molar-refractivity contribution in [1.82, 2.24) is 0 Å². The van der Waals surface area contributed by atoms with Gasteiger partial charge in [0.05, 0.1) is 37.1 Å². The van der Waals surface area contributed by atoms with Gasteiger partial charge in [0.15, 0.2) is 0 Å². The molecule has 6 atom stereocenters. The van der Waals surface area contributed by atoms with Gasteiger partial charge in [0.1, 0.15) is 12.9 Å². The Morgan fingerprint density at radius 2 is 1.88 bits per heavy atom. The van der Waals surface area contributed by atoms with Crippen LogP contribution < -0.4 is 0 Å². The van der Waals surface area contributed by atoms with Crippen LogP contribution in [-0.2, 0) is 18.9 Å². The van der Waals surface area contributed by atoms with Crippen LogP contribution in [0.15, 0.2) is 0 Å². The maximum absolute atomic E-state index is 9.52. The molecule has 0 aromatic rings. The normalized spacial score (nSPS) is 49.5. The Balaban J connectivity index is 1.66. The number of ether oxygens (including phenoxy) is 4. The van der Waals surface area contributed by atoms with Crippen LogP contribution in [0.1, 0.15) is 19.8 Å². The van der Waals surface area contributed by atoms with Gasteiger partial charge in [-0.3, -0.25) is 0 Å². The van der Waals surface area contributed by atoms with Gasteiger partial charge in [-0.15, -0.1) is 0 Å². The molecule has 0 aromatic carbocycles. The molecule has 0 aromatic heterocycles. The van der Waals surface area contributed by atoms with Crippen molar-refractivity contribution in [3.63, 3.8) is 0 Å². The van der Waals surface area contributed by atoms with Gasteiger partial charge in [-0.05, 0) is 6.92 Å². The van der Waals surface area contributed by atoms with Crippen molar-refractivity contribution in [2.75, 3.05) is 13.4 Å². The van der Waals surface area contributed by atoms with E-state index in [4.69, 9.17) is 18.9 Å². The third kappa shape index (κ3) is 1.87. The fourth-order valence-corrected chi connectivity index (χ4v) is 2.72. The van der Waals surface area contributed by atoms with Gasteiger partial charge in [-0.25, -0.2) is 0 Å². The fourth-order valence-electron chi connectivity index (χ4n) is 2.72. The lowest BCUT2D eigenvalue weighted by molar-refractivity contribution is -0.253. The molecule has 3 saturated heterocycles. The van der Waals surface area contributed by atoms with Crippen molar-refractivity contribution in [3.8, 4) is 0 Å². The summed E-state index contributed by atoms with van der Waals surface area (Å²) in [4.78, 5) is 0. The Kier molecular flexibility index (Phi) is 2.89. The van der Waals surface area contributed by atoms with Crippen LogP contribution in [0.2, 0.25) is 0 Å². The van der Waals surface area contributed by atoms with E-state index in [0.29, 0.717) is 13.4 Å². The van der Waals surface area contributed by atoms with Gasteiger partial charge in [0, 0.05) is 12.8 Å². The predicted octanol–water partition coefficient (Wildman–Crippen LogP) is 0.0551. The first-order valence-corrected chi connectivity index (χ1v) is 5.92. The zero-order valence-corrected chi connectivity index (χ0v) is 9.37. The summed E-state index contributed by atoms with van der Waals surface area (Å²) in [5.41, 5.74) is 0. The quantitative estimate of drug-likeness (QED) is 0.690. The average molecular weight is 230 g/mol. The number of aliphatic hydroxyl groups excluding tert-OH is 1. The van der Waals surface area contributed by atoms with Crippen molar-refractivity contribution < 1.29 is 24.1 Å². The Hall–Kier alpha value is -0.200. The minimum Gasteiger partial charge on any atom is -0.391 e. The molecule has 16 heavy (non-hydrogen) atoms. The molecule has 3 rings (SSSR count). The molecule has 0 radical (unpaired) electrons. The molecule has 5 heteroatoms. The summed E-state index contributed by atoms with van der Waals surface area (Å²) in [6.07, 6.45) is 1.36. The Morgan fingerprint density at radius 3 is 2.69 bits per heavy atom. The van der Waals surface area contributed by atoms with Gasteiger partial charge >= 0.3 is 0 Å². The number of fused-ring (bicyclic) bond motifs is 2. The molecular formula is C11H18O5. The van der Waals surface area contributed by atoms with Crippen LogP contribution in [-0.4, -0.2) is 55.1 Å². The van der Waals surface area contributed by atoms with Crippen molar-refractivity contribution in [2.45, 2.75) is 56.4 Å². The molecule has 0 bridgehead atoms. The fraction of sp³-hybridized carbons (Fsp3) is 1.00. The van der Waals surface area contributed by atoms with E-state index < -0.39 is 6.10 Å². The molecule has 3 heterocycles. The minimum atomic E-state index is -0.437. The Morgan fingerprint density at radius 1 is 1.06 bits per heavy atom. The second kappa shape index (κ2) is 4.23. The monoisotopic (exact) mass is 230 g/mol. The van der Waals surface area contributed by atoms with Gasteiger partial charge in [-0.1, -0.05) is 0 Å². The largest absolute Gasteiger partial charge is 0.391 e. The zero-order chi connectivity index (χ0) is 11.1. The number of hydrogen-bond donors (Lipinski definition) is 1. The van der Waals surface area contributed by atoms with Crippen LogP contribution in [0.5, 0.6) is 0 Å². The lowest BCUT2D eigenvalue weighted by atomic mass is 9.97. The van der Waals surface area contributed by atoms with E-state index in [0.717, 1.165) is 12.8 Å². The summed E-state index contributed by atoms with van der Waals surface area (Å²) >= 11 is 0. The van der Waals surface area contributed by atoms with Gasteiger partial charge in [0.2, 0.25) is 0 Å². The Labute approximate surface area is 94.6 Å². The highest BCUT2D eigenvalue weighted by Gasteiger charge is 2.47. The van der Waals surface area contributed by atoms with E-state index in [1.165, 1.54) is 0 Å². The van der Waals surface area contributed by atoms with Crippen LogP contribution in [0.3, 0.4) is 0 Å². The third-order valence-electron chi connectivity index (χ3n) is 3.64. The van der Waals surface area contributed by atoms with E-state index in [9.17, 15) is 5.11 Å². The van der Waals surface area contributed by atoms with Crippen LogP contribution in [0, 0.1) is 0 Å². The molecule has 92 valence electrons. The lowest BCUT2D eigenvalue weighted by Gasteiger charge is -2.40. The smallest absolute Gasteiger partial charge is 0.147 e. The maximum atomic E-state index is 9.52. The van der Waals surface area contributed by atoms with Crippen molar-refractivity contribution in [1.29, 1.82) is 0 Å². The summed E-state index contributed by atoms with van der Waals surface area (Å²) in [7, 11) is 0. The van der Waals surface area contributed by atoms with E-state index in [1.807, 2.05) is 0 Å². The van der Waals surface area contributed by atoms with Crippen molar-refractivity contribution in [3.05, 3.63) is 0 Å². The topological polar surface area (TPSA) is 57.2 Å². The molecule has 3 aliphatic heterocycles. The molecule has 6 unspecified atom stereocenters. The van der Waals surface area contributed by atoms with E-state index in [-0.39, 0.29) is 30.5 Å². The number of aliphatic hydroxyl groups is 1. The molecule has 0 amide bonds. The highest BCUT2D eigenvalue weighted by Crippen LogP contribution is 2.35. The SMILES string of the molecule is CC(O)C1CC2OC3COCOC3CC2O1. The van der Waals surface area contributed by atoms with E-state index in [2.05, 4.69) is 0 Å². The highest BCUT2D eigenvalue weighted by atomic mass is 16.7. The van der Waals surface area contributed by atoms with E-state index >= 15 is 0 Å². The molecule has 5 nitrogen and oxygen atoms in total. The second-order valence-corrected chi connectivity index (χ2v) is 4.83.